The zero-order valence-corrected chi connectivity index (χ0v) is 16.6. The van der Waals surface area contributed by atoms with Crippen LogP contribution >= 0.6 is 0 Å². The molecule has 26 heavy (non-hydrogen) atoms. The molecule has 6 heteroatoms. The van der Waals surface area contributed by atoms with Crippen LogP contribution < -0.4 is 4.31 Å². The molecule has 5 nitrogen and oxygen atoms in total. The normalized spacial score (nSPS) is 11.5. The number of hydrogen-bond donors (Lipinski definition) is 0. The van der Waals surface area contributed by atoms with Gasteiger partial charge in [0.15, 0.2) is 0 Å². The molecule has 0 amide bonds. The van der Waals surface area contributed by atoms with Gasteiger partial charge in [-0.15, -0.1) is 0 Å². The van der Waals surface area contributed by atoms with Crippen LogP contribution in [0.5, 0.6) is 0 Å². The number of ether oxygens (including phenoxy) is 1. The molecule has 0 bridgehead atoms. The second-order valence-corrected chi connectivity index (χ2v) is 8.47. The Morgan fingerprint density at radius 2 is 1.81 bits per heavy atom. The third kappa shape index (κ3) is 4.43. The lowest BCUT2D eigenvalue weighted by Crippen LogP contribution is -2.38. The van der Waals surface area contributed by atoms with Gasteiger partial charge in [0, 0.05) is 6.04 Å². The molecule has 2 rings (SSSR count). The third-order valence-electron chi connectivity index (χ3n) is 4.07. The van der Waals surface area contributed by atoms with Crippen LogP contribution in [0.4, 0.5) is 5.69 Å². The predicted molar refractivity (Wildman–Crippen MR) is 104 cm³/mol. The zero-order valence-electron chi connectivity index (χ0n) is 15.8. The highest BCUT2D eigenvalue weighted by molar-refractivity contribution is 7.92. The van der Waals surface area contributed by atoms with E-state index < -0.39 is 16.0 Å². The van der Waals surface area contributed by atoms with Gasteiger partial charge in [0.05, 0.1) is 24.1 Å². The van der Waals surface area contributed by atoms with Crippen LogP contribution in [0.25, 0.3) is 0 Å². The van der Waals surface area contributed by atoms with Crippen LogP contribution in [0.2, 0.25) is 0 Å². The van der Waals surface area contributed by atoms with Crippen LogP contribution in [-0.2, 0) is 20.5 Å². The van der Waals surface area contributed by atoms with E-state index in [9.17, 15) is 13.2 Å². The van der Waals surface area contributed by atoms with Gasteiger partial charge in [-0.3, -0.25) is 4.31 Å². The maximum Gasteiger partial charge on any atom is 0.337 e. The molecule has 2 aromatic rings. The summed E-state index contributed by atoms with van der Waals surface area (Å²) in [4.78, 5) is 11.7. The van der Waals surface area contributed by atoms with E-state index in [2.05, 4.69) is 0 Å². The Hall–Kier alpha value is -2.34. The summed E-state index contributed by atoms with van der Waals surface area (Å²) < 4.78 is 32.5. The average Bonchev–Trinajstić information content (AvgIpc) is 2.56. The molecule has 0 aliphatic heterocycles. The zero-order chi connectivity index (χ0) is 19.5. The summed E-state index contributed by atoms with van der Waals surface area (Å²) in [6.07, 6.45) is 0. The van der Waals surface area contributed by atoms with Crippen LogP contribution in [0.15, 0.2) is 42.5 Å². The number of hydrogen-bond acceptors (Lipinski definition) is 4. The van der Waals surface area contributed by atoms with E-state index >= 15 is 0 Å². The van der Waals surface area contributed by atoms with E-state index in [0.717, 1.165) is 11.1 Å². The van der Waals surface area contributed by atoms with Gasteiger partial charge in [-0.2, -0.15) is 0 Å². The maximum atomic E-state index is 13.2. The van der Waals surface area contributed by atoms with Crippen molar-refractivity contribution in [3.8, 4) is 0 Å². The lowest BCUT2D eigenvalue weighted by molar-refractivity contribution is 0.0600. The van der Waals surface area contributed by atoms with Crippen molar-refractivity contribution in [3.05, 3.63) is 64.7 Å². The molecular formula is C20H25NO4S. The number of benzene rings is 2. The average molecular weight is 375 g/mol. The van der Waals surface area contributed by atoms with Gasteiger partial charge in [0.1, 0.15) is 0 Å². The summed E-state index contributed by atoms with van der Waals surface area (Å²) in [7, 11) is -2.34. The Labute approximate surface area is 155 Å². The Morgan fingerprint density at radius 1 is 1.12 bits per heavy atom. The molecule has 0 aliphatic carbocycles. The molecule has 0 saturated carbocycles. The van der Waals surface area contributed by atoms with Gasteiger partial charge >= 0.3 is 5.97 Å². The number of sulfonamides is 1. The van der Waals surface area contributed by atoms with Crippen LogP contribution in [0, 0.1) is 13.8 Å². The number of esters is 1. The van der Waals surface area contributed by atoms with E-state index in [1.165, 1.54) is 11.4 Å². The van der Waals surface area contributed by atoms with E-state index in [1.54, 1.807) is 24.3 Å². The molecule has 0 unspecified atom stereocenters. The van der Waals surface area contributed by atoms with Crippen molar-refractivity contribution in [2.45, 2.75) is 39.5 Å². The lowest BCUT2D eigenvalue weighted by atomic mass is 10.1. The number of anilines is 1. The molecule has 0 radical (unpaired) electrons. The predicted octanol–water partition coefficient (Wildman–Crippen LogP) is 3.83. The Morgan fingerprint density at radius 3 is 2.42 bits per heavy atom. The molecule has 140 valence electrons. The summed E-state index contributed by atoms with van der Waals surface area (Å²) in [5.74, 6) is -0.678. The SMILES string of the molecule is COC(=O)c1cccc(CS(=O)(=O)N(c2cc(C)ccc2C)C(C)C)c1. The van der Waals surface area contributed by atoms with Gasteiger partial charge in [0.2, 0.25) is 10.0 Å². The Bertz CT molecular complexity index is 904. The number of nitrogens with zero attached hydrogens (tertiary/aromatic N) is 1. The Balaban J connectivity index is 2.43. The lowest BCUT2D eigenvalue weighted by Gasteiger charge is -2.30. The fourth-order valence-electron chi connectivity index (χ4n) is 2.89. The number of carbonyl (C=O) groups is 1. The summed E-state index contributed by atoms with van der Waals surface area (Å²) in [6, 6.07) is 12.1. The first-order chi connectivity index (χ1) is 12.2. The molecule has 0 heterocycles. The van der Waals surface area contributed by atoms with Crippen LogP contribution in [0.1, 0.15) is 40.9 Å². The van der Waals surface area contributed by atoms with Crippen molar-refractivity contribution in [2.75, 3.05) is 11.4 Å². The smallest absolute Gasteiger partial charge is 0.337 e. The molecule has 0 aromatic heterocycles. The molecule has 0 spiro atoms. The fraction of sp³-hybridized carbons (Fsp3) is 0.350. The maximum absolute atomic E-state index is 13.2. The number of aryl methyl sites for hydroxylation is 2. The first kappa shape index (κ1) is 20.0. The summed E-state index contributed by atoms with van der Waals surface area (Å²) in [5, 5.41) is 0. The number of methoxy groups -OCH3 is 1. The minimum absolute atomic E-state index is 0.191. The van der Waals surface area contributed by atoms with E-state index in [-0.39, 0.29) is 11.8 Å². The molecule has 0 saturated heterocycles. The van der Waals surface area contributed by atoms with Crippen molar-refractivity contribution < 1.29 is 17.9 Å². The summed E-state index contributed by atoms with van der Waals surface area (Å²) in [6.45, 7) is 7.54. The minimum Gasteiger partial charge on any atom is -0.465 e. The third-order valence-corrected chi connectivity index (χ3v) is 5.98. The van der Waals surface area contributed by atoms with E-state index in [1.807, 2.05) is 45.9 Å². The molecule has 2 aromatic carbocycles. The fourth-order valence-corrected chi connectivity index (χ4v) is 4.77. The van der Waals surface area contributed by atoms with Crippen molar-refractivity contribution in [1.82, 2.24) is 0 Å². The first-order valence-corrected chi connectivity index (χ1v) is 10.0. The van der Waals surface area contributed by atoms with Crippen molar-refractivity contribution >= 4 is 21.7 Å². The highest BCUT2D eigenvalue weighted by Gasteiger charge is 2.27. The van der Waals surface area contributed by atoms with Gasteiger partial charge in [-0.05, 0) is 62.6 Å². The minimum atomic E-state index is -3.63. The van der Waals surface area contributed by atoms with Gasteiger partial charge in [0.25, 0.3) is 0 Å². The van der Waals surface area contributed by atoms with E-state index in [4.69, 9.17) is 4.74 Å². The molecule has 0 aliphatic rings. The molecule has 0 N–H and O–H groups in total. The quantitative estimate of drug-likeness (QED) is 0.720. The van der Waals surface area contributed by atoms with Crippen LogP contribution in [-0.4, -0.2) is 27.5 Å². The van der Waals surface area contributed by atoms with Gasteiger partial charge in [-0.25, -0.2) is 13.2 Å². The second-order valence-electron chi connectivity index (χ2n) is 6.63. The standard InChI is InChI=1S/C20H25NO4S/c1-14(2)21(19-11-15(3)9-10-16(19)4)26(23,24)13-17-7-6-8-18(12-17)20(22)25-5/h6-12,14H,13H2,1-5H3. The number of rotatable bonds is 6. The monoisotopic (exact) mass is 375 g/mol. The summed E-state index contributed by atoms with van der Waals surface area (Å²) >= 11 is 0. The van der Waals surface area contributed by atoms with Gasteiger partial charge in [-0.1, -0.05) is 24.3 Å². The second kappa shape index (κ2) is 7.91. The topological polar surface area (TPSA) is 63.7 Å². The largest absolute Gasteiger partial charge is 0.465 e. The summed E-state index contributed by atoms with van der Waals surface area (Å²) in [5.41, 5.74) is 3.46. The number of carbonyl (C=O) groups excluding carboxylic acids is 1. The highest BCUT2D eigenvalue weighted by atomic mass is 32.2. The van der Waals surface area contributed by atoms with Crippen LogP contribution in [0.3, 0.4) is 0 Å². The first-order valence-electron chi connectivity index (χ1n) is 8.42. The van der Waals surface area contributed by atoms with Gasteiger partial charge < -0.3 is 4.74 Å². The molecule has 0 fully saturated rings. The molecular weight excluding hydrogens is 350 g/mol. The van der Waals surface area contributed by atoms with E-state index in [0.29, 0.717) is 16.8 Å². The Kier molecular flexibility index (Phi) is 6.08. The van der Waals surface area contributed by atoms with Crippen molar-refractivity contribution in [3.63, 3.8) is 0 Å². The van der Waals surface area contributed by atoms with Crippen molar-refractivity contribution in [1.29, 1.82) is 0 Å². The van der Waals surface area contributed by atoms with Crippen molar-refractivity contribution in [2.24, 2.45) is 0 Å². The molecule has 0 atom stereocenters. The highest BCUT2D eigenvalue weighted by Crippen LogP contribution is 2.28.